The molecule has 1 unspecified atom stereocenters. The molecule has 0 fully saturated rings. The first-order chi connectivity index (χ1) is 9.31. The van der Waals surface area contributed by atoms with Gasteiger partial charge in [-0.05, 0) is 46.7 Å². The minimum atomic E-state index is -0.00252. The first-order valence-electron chi connectivity index (χ1n) is 6.05. The summed E-state index contributed by atoms with van der Waals surface area (Å²) in [6, 6.07) is 12.1. The molecule has 3 rings (SSSR count). The lowest BCUT2D eigenvalue weighted by molar-refractivity contribution is 0.462. The number of aromatic nitrogens is 1. The fourth-order valence-electron chi connectivity index (χ4n) is 2.32. The van der Waals surface area contributed by atoms with Crippen LogP contribution in [0.4, 0.5) is 0 Å². The number of rotatable bonds is 3. The van der Waals surface area contributed by atoms with Gasteiger partial charge in [0, 0.05) is 11.6 Å². The third-order valence-electron chi connectivity index (χ3n) is 3.19. The first kappa shape index (κ1) is 12.4. The second-order valence-electron chi connectivity index (χ2n) is 4.27. The molecule has 1 atom stereocenters. The Morgan fingerprint density at radius 3 is 2.84 bits per heavy atom. The lowest BCUT2D eigenvalue weighted by Gasteiger charge is -2.16. The normalized spacial score (nSPS) is 12.7. The smallest absolute Gasteiger partial charge is 0.139 e. The van der Waals surface area contributed by atoms with Crippen molar-refractivity contribution in [1.82, 2.24) is 10.3 Å². The molecule has 0 aliphatic rings. The van der Waals surface area contributed by atoms with Crippen LogP contribution in [-0.4, -0.2) is 12.0 Å². The van der Waals surface area contributed by atoms with Crippen molar-refractivity contribution in [3.05, 3.63) is 64.7 Å². The van der Waals surface area contributed by atoms with Gasteiger partial charge in [0.05, 0.1) is 22.3 Å². The second-order valence-corrected chi connectivity index (χ2v) is 5.13. The van der Waals surface area contributed by atoms with Crippen molar-refractivity contribution in [1.29, 1.82) is 0 Å². The molecule has 3 nitrogen and oxygen atoms in total. The van der Waals surface area contributed by atoms with Crippen LogP contribution in [0.1, 0.15) is 17.4 Å². The average Bonchev–Trinajstić information content (AvgIpc) is 2.86. The topological polar surface area (TPSA) is 38.1 Å². The van der Waals surface area contributed by atoms with E-state index in [1.54, 1.807) is 6.26 Å². The zero-order valence-electron chi connectivity index (χ0n) is 10.4. The van der Waals surface area contributed by atoms with Gasteiger partial charge in [-0.1, -0.05) is 18.2 Å². The van der Waals surface area contributed by atoms with Gasteiger partial charge in [0.15, 0.2) is 0 Å². The van der Waals surface area contributed by atoms with Gasteiger partial charge in [-0.25, -0.2) is 0 Å². The standard InChI is InChI=1S/C15H13BrN2O/c1-17-14(15-12(16)7-9-19-15)11-4-2-6-13-10(11)5-3-8-18-13/h2-9,14,17H,1H3. The third kappa shape index (κ3) is 2.17. The summed E-state index contributed by atoms with van der Waals surface area (Å²) in [5.74, 6) is 0.874. The summed E-state index contributed by atoms with van der Waals surface area (Å²) in [6.45, 7) is 0. The molecule has 0 bridgehead atoms. The van der Waals surface area contributed by atoms with E-state index in [0.717, 1.165) is 26.7 Å². The van der Waals surface area contributed by atoms with Crippen molar-refractivity contribution in [3.8, 4) is 0 Å². The molecular weight excluding hydrogens is 304 g/mol. The highest BCUT2D eigenvalue weighted by molar-refractivity contribution is 9.10. The summed E-state index contributed by atoms with van der Waals surface area (Å²) < 4.78 is 6.56. The van der Waals surface area contributed by atoms with E-state index < -0.39 is 0 Å². The fraction of sp³-hybridized carbons (Fsp3) is 0.133. The predicted molar refractivity (Wildman–Crippen MR) is 79.1 cm³/mol. The van der Waals surface area contributed by atoms with Crippen LogP contribution in [0.15, 0.2) is 57.7 Å². The van der Waals surface area contributed by atoms with Crippen LogP contribution in [0.5, 0.6) is 0 Å². The summed E-state index contributed by atoms with van der Waals surface area (Å²) in [6.07, 6.45) is 3.50. The molecule has 1 aromatic carbocycles. The number of nitrogens with zero attached hydrogens (tertiary/aromatic N) is 1. The summed E-state index contributed by atoms with van der Waals surface area (Å²) >= 11 is 3.52. The number of benzene rings is 1. The summed E-state index contributed by atoms with van der Waals surface area (Å²) in [5, 5.41) is 4.43. The third-order valence-corrected chi connectivity index (χ3v) is 3.84. The Balaban J connectivity index is 2.20. The quantitative estimate of drug-likeness (QED) is 0.796. The number of halogens is 1. The van der Waals surface area contributed by atoms with Crippen molar-refractivity contribution < 1.29 is 4.42 Å². The maximum Gasteiger partial charge on any atom is 0.139 e. The molecule has 2 heterocycles. The van der Waals surface area contributed by atoms with Gasteiger partial charge in [0.2, 0.25) is 0 Å². The molecule has 0 saturated heterocycles. The van der Waals surface area contributed by atoms with E-state index in [4.69, 9.17) is 4.42 Å². The SMILES string of the molecule is CNC(c1occc1Br)c1cccc2ncccc12. The van der Waals surface area contributed by atoms with E-state index in [1.165, 1.54) is 0 Å². The predicted octanol–water partition coefficient (Wildman–Crippen LogP) is 3.90. The zero-order valence-corrected chi connectivity index (χ0v) is 12.0. The lowest BCUT2D eigenvalue weighted by Crippen LogP contribution is -2.17. The number of hydrogen-bond donors (Lipinski definition) is 1. The molecule has 1 N–H and O–H groups in total. The molecule has 96 valence electrons. The van der Waals surface area contributed by atoms with E-state index in [1.807, 2.05) is 37.5 Å². The van der Waals surface area contributed by atoms with Gasteiger partial charge >= 0.3 is 0 Å². The van der Waals surface area contributed by atoms with Gasteiger partial charge in [-0.3, -0.25) is 4.98 Å². The molecule has 0 aliphatic heterocycles. The Bertz CT molecular complexity index is 703. The summed E-state index contributed by atoms with van der Waals surface area (Å²) in [5.41, 5.74) is 2.15. The average molecular weight is 317 g/mol. The minimum absolute atomic E-state index is 0.00252. The molecule has 0 saturated carbocycles. The number of furan rings is 1. The van der Waals surface area contributed by atoms with Crippen molar-refractivity contribution in [2.24, 2.45) is 0 Å². The van der Waals surface area contributed by atoms with Crippen molar-refractivity contribution >= 4 is 26.8 Å². The Labute approximate surface area is 119 Å². The molecule has 0 radical (unpaired) electrons. The van der Waals surface area contributed by atoms with Crippen LogP contribution < -0.4 is 5.32 Å². The Morgan fingerprint density at radius 2 is 2.11 bits per heavy atom. The fourth-order valence-corrected chi connectivity index (χ4v) is 2.75. The van der Waals surface area contributed by atoms with E-state index in [0.29, 0.717) is 0 Å². The maximum atomic E-state index is 5.59. The molecule has 0 spiro atoms. The van der Waals surface area contributed by atoms with Crippen LogP contribution in [-0.2, 0) is 0 Å². The molecule has 0 aliphatic carbocycles. The number of pyridine rings is 1. The molecular formula is C15H13BrN2O. The number of nitrogens with one attached hydrogen (secondary N) is 1. The summed E-state index contributed by atoms with van der Waals surface area (Å²) in [7, 11) is 1.93. The Kier molecular flexibility index (Phi) is 3.36. The van der Waals surface area contributed by atoms with Crippen LogP contribution in [0.3, 0.4) is 0 Å². The molecule has 19 heavy (non-hydrogen) atoms. The highest BCUT2D eigenvalue weighted by Gasteiger charge is 2.20. The van der Waals surface area contributed by atoms with Crippen LogP contribution in [0.2, 0.25) is 0 Å². The number of fused-ring (bicyclic) bond motifs is 1. The molecule has 3 aromatic rings. The maximum absolute atomic E-state index is 5.59. The van der Waals surface area contributed by atoms with Crippen molar-refractivity contribution in [2.75, 3.05) is 7.05 Å². The first-order valence-corrected chi connectivity index (χ1v) is 6.84. The van der Waals surface area contributed by atoms with Gasteiger partial charge in [-0.2, -0.15) is 0 Å². The second kappa shape index (κ2) is 5.15. The zero-order chi connectivity index (χ0) is 13.2. The van der Waals surface area contributed by atoms with Gasteiger partial charge in [0.25, 0.3) is 0 Å². The van der Waals surface area contributed by atoms with Crippen LogP contribution in [0, 0.1) is 0 Å². The molecule has 0 amide bonds. The van der Waals surface area contributed by atoms with Crippen LogP contribution >= 0.6 is 15.9 Å². The molecule has 2 aromatic heterocycles. The van der Waals surface area contributed by atoms with Gasteiger partial charge < -0.3 is 9.73 Å². The van der Waals surface area contributed by atoms with E-state index in [2.05, 4.69) is 38.4 Å². The molecule has 4 heteroatoms. The minimum Gasteiger partial charge on any atom is -0.466 e. The van der Waals surface area contributed by atoms with Gasteiger partial charge in [0.1, 0.15) is 5.76 Å². The number of hydrogen-bond acceptors (Lipinski definition) is 3. The monoisotopic (exact) mass is 316 g/mol. The van der Waals surface area contributed by atoms with E-state index in [9.17, 15) is 0 Å². The Hall–Kier alpha value is -1.65. The largest absolute Gasteiger partial charge is 0.466 e. The summed E-state index contributed by atoms with van der Waals surface area (Å²) in [4.78, 5) is 4.39. The van der Waals surface area contributed by atoms with Crippen molar-refractivity contribution in [2.45, 2.75) is 6.04 Å². The van der Waals surface area contributed by atoms with Crippen LogP contribution in [0.25, 0.3) is 10.9 Å². The highest BCUT2D eigenvalue weighted by Crippen LogP contribution is 2.32. The van der Waals surface area contributed by atoms with E-state index >= 15 is 0 Å². The van der Waals surface area contributed by atoms with Crippen molar-refractivity contribution in [3.63, 3.8) is 0 Å². The van der Waals surface area contributed by atoms with Gasteiger partial charge in [-0.15, -0.1) is 0 Å². The lowest BCUT2D eigenvalue weighted by atomic mass is 9.99. The highest BCUT2D eigenvalue weighted by atomic mass is 79.9. The Morgan fingerprint density at radius 1 is 1.21 bits per heavy atom. The van der Waals surface area contributed by atoms with E-state index in [-0.39, 0.29) is 6.04 Å².